The second-order valence-corrected chi connectivity index (χ2v) is 4.69. The number of hydrogen-bond acceptors (Lipinski definition) is 3. The molecule has 0 radical (unpaired) electrons. The Morgan fingerprint density at radius 3 is 2.53 bits per heavy atom. The van der Waals surface area contributed by atoms with Crippen molar-refractivity contribution >= 4 is 17.6 Å². The van der Waals surface area contributed by atoms with E-state index >= 15 is 0 Å². The number of aromatic nitrogens is 1. The first-order chi connectivity index (χ1) is 9.08. The number of nitrogens with one attached hydrogen (secondary N) is 1. The van der Waals surface area contributed by atoms with Crippen LogP contribution in [0.2, 0.25) is 0 Å². The minimum atomic E-state index is -0.933. The Kier molecular flexibility index (Phi) is 4.09. The first-order valence-electron chi connectivity index (χ1n) is 6.23. The maximum atomic E-state index is 12.6. The van der Waals surface area contributed by atoms with Crippen molar-refractivity contribution in [1.82, 2.24) is 4.98 Å². The van der Waals surface area contributed by atoms with Crippen LogP contribution in [0.4, 0.5) is 10.1 Å². The molecule has 6 heteroatoms. The van der Waals surface area contributed by atoms with E-state index in [0.29, 0.717) is 18.5 Å². The summed E-state index contributed by atoms with van der Waals surface area (Å²) < 4.78 is 12.6. The largest absolute Gasteiger partial charge is 0.481 e. The van der Waals surface area contributed by atoms with Gasteiger partial charge in [0.25, 0.3) is 0 Å². The number of anilines is 1. The minimum absolute atomic E-state index is 0.333. The summed E-state index contributed by atoms with van der Waals surface area (Å²) in [6.45, 7) is 0. The lowest BCUT2D eigenvalue weighted by Crippen LogP contribution is -2.36. The molecule has 1 fully saturated rings. The molecule has 0 aromatic carbocycles. The van der Waals surface area contributed by atoms with Crippen molar-refractivity contribution in [2.45, 2.75) is 25.7 Å². The summed E-state index contributed by atoms with van der Waals surface area (Å²) in [7, 11) is 0. The number of pyridine rings is 1. The third-order valence-corrected chi connectivity index (χ3v) is 3.41. The Morgan fingerprint density at radius 2 is 1.95 bits per heavy atom. The van der Waals surface area contributed by atoms with Crippen LogP contribution in [0, 0.1) is 17.8 Å². The molecule has 1 heterocycles. The van der Waals surface area contributed by atoms with Gasteiger partial charge in [0.2, 0.25) is 11.9 Å². The van der Waals surface area contributed by atoms with Crippen LogP contribution in [0.5, 0.6) is 0 Å². The number of carbonyl (C=O) groups is 2. The summed E-state index contributed by atoms with van der Waals surface area (Å²) in [6.07, 6.45) is 3.99. The number of carboxylic acid groups (broad SMARTS) is 1. The van der Waals surface area contributed by atoms with Crippen LogP contribution in [0.3, 0.4) is 0 Å². The molecule has 2 rings (SSSR count). The molecule has 1 amide bonds. The molecule has 2 N–H and O–H groups in total. The van der Waals surface area contributed by atoms with Gasteiger partial charge in [-0.05, 0) is 25.0 Å². The van der Waals surface area contributed by atoms with Gasteiger partial charge in [-0.15, -0.1) is 0 Å². The highest BCUT2D eigenvalue weighted by molar-refractivity contribution is 5.95. The summed E-state index contributed by atoms with van der Waals surface area (Å²) in [4.78, 5) is 26.6. The Labute approximate surface area is 109 Å². The molecule has 19 heavy (non-hydrogen) atoms. The number of rotatable bonds is 3. The summed E-state index contributed by atoms with van der Waals surface area (Å²) in [5.41, 5.74) is 0.376. The quantitative estimate of drug-likeness (QED) is 0.821. The number of halogens is 1. The molecular formula is C13H15FN2O3. The Hall–Kier alpha value is -1.98. The maximum Gasteiger partial charge on any atom is 0.307 e. The lowest BCUT2D eigenvalue weighted by molar-refractivity contribution is -0.147. The van der Waals surface area contributed by atoms with E-state index in [9.17, 15) is 14.0 Å². The zero-order valence-corrected chi connectivity index (χ0v) is 10.3. The molecule has 0 bridgehead atoms. The average Bonchev–Trinajstić information content (AvgIpc) is 2.41. The normalized spacial score (nSPS) is 22.8. The smallest absolute Gasteiger partial charge is 0.307 e. The second-order valence-electron chi connectivity index (χ2n) is 4.69. The fourth-order valence-corrected chi connectivity index (χ4v) is 2.42. The highest BCUT2D eigenvalue weighted by atomic mass is 19.1. The summed E-state index contributed by atoms with van der Waals surface area (Å²) in [5.74, 6) is -3.06. The molecule has 1 aliphatic carbocycles. The van der Waals surface area contributed by atoms with Crippen LogP contribution >= 0.6 is 0 Å². The van der Waals surface area contributed by atoms with Gasteiger partial charge in [-0.3, -0.25) is 9.59 Å². The van der Waals surface area contributed by atoms with Gasteiger partial charge in [-0.2, -0.15) is 4.39 Å². The Balaban J connectivity index is 2.05. The van der Waals surface area contributed by atoms with Crippen molar-refractivity contribution < 1.29 is 19.1 Å². The van der Waals surface area contributed by atoms with Crippen LogP contribution in [-0.2, 0) is 9.59 Å². The van der Waals surface area contributed by atoms with Gasteiger partial charge in [0.05, 0.1) is 23.7 Å². The van der Waals surface area contributed by atoms with Gasteiger partial charge < -0.3 is 10.4 Å². The lowest BCUT2D eigenvalue weighted by Gasteiger charge is -2.27. The van der Waals surface area contributed by atoms with Crippen molar-refractivity contribution in [3.63, 3.8) is 0 Å². The average molecular weight is 266 g/mol. The monoisotopic (exact) mass is 266 g/mol. The minimum Gasteiger partial charge on any atom is -0.481 e. The SMILES string of the molecule is O=C(O)[C@H]1CCCC[C@H]1C(=O)Nc1ccc(F)nc1. The molecule has 1 aromatic heterocycles. The number of hydrogen-bond donors (Lipinski definition) is 2. The standard InChI is InChI=1S/C13H15FN2O3/c14-11-6-5-8(7-15-11)16-12(17)9-3-1-2-4-10(9)13(18)19/h5-7,9-10H,1-4H2,(H,16,17)(H,18,19)/t9-,10+/m1/s1. The third-order valence-electron chi connectivity index (χ3n) is 3.41. The van der Waals surface area contributed by atoms with Crippen LogP contribution in [-0.4, -0.2) is 22.0 Å². The zero-order chi connectivity index (χ0) is 13.8. The first-order valence-corrected chi connectivity index (χ1v) is 6.23. The zero-order valence-electron chi connectivity index (χ0n) is 10.3. The van der Waals surface area contributed by atoms with Gasteiger partial charge in [0.15, 0.2) is 0 Å². The fraction of sp³-hybridized carbons (Fsp3) is 0.462. The topological polar surface area (TPSA) is 79.3 Å². The highest BCUT2D eigenvalue weighted by Crippen LogP contribution is 2.31. The Morgan fingerprint density at radius 1 is 1.26 bits per heavy atom. The van der Waals surface area contributed by atoms with Crippen molar-refractivity contribution in [1.29, 1.82) is 0 Å². The molecule has 0 aliphatic heterocycles. The fourth-order valence-electron chi connectivity index (χ4n) is 2.42. The van der Waals surface area contributed by atoms with Crippen molar-refractivity contribution in [2.75, 3.05) is 5.32 Å². The van der Waals surface area contributed by atoms with Crippen LogP contribution in [0.15, 0.2) is 18.3 Å². The molecule has 5 nitrogen and oxygen atoms in total. The summed E-state index contributed by atoms with van der Waals surface area (Å²) >= 11 is 0. The van der Waals surface area contributed by atoms with Gasteiger partial charge in [-0.1, -0.05) is 12.8 Å². The molecule has 1 aliphatic rings. The van der Waals surface area contributed by atoms with E-state index in [0.717, 1.165) is 18.9 Å². The van der Waals surface area contributed by atoms with Gasteiger partial charge in [-0.25, -0.2) is 4.98 Å². The van der Waals surface area contributed by atoms with Crippen LogP contribution in [0.1, 0.15) is 25.7 Å². The third kappa shape index (κ3) is 3.27. The van der Waals surface area contributed by atoms with Crippen molar-refractivity contribution in [3.05, 3.63) is 24.3 Å². The van der Waals surface area contributed by atoms with E-state index in [1.54, 1.807) is 0 Å². The number of nitrogens with zero attached hydrogens (tertiary/aromatic N) is 1. The number of carbonyl (C=O) groups excluding carboxylic acids is 1. The maximum absolute atomic E-state index is 12.6. The van der Waals surface area contributed by atoms with E-state index < -0.39 is 23.8 Å². The lowest BCUT2D eigenvalue weighted by atomic mass is 9.78. The van der Waals surface area contributed by atoms with Gasteiger partial charge in [0.1, 0.15) is 0 Å². The predicted molar refractivity (Wildman–Crippen MR) is 65.9 cm³/mol. The summed E-state index contributed by atoms with van der Waals surface area (Å²) in [6, 6.07) is 2.55. The second kappa shape index (κ2) is 5.77. The predicted octanol–water partition coefficient (Wildman–Crippen LogP) is 2.05. The van der Waals surface area contributed by atoms with Crippen molar-refractivity contribution in [2.24, 2.45) is 11.8 Å². The summed E-state index contributed by atoms with van der Waals surface area (Å²) in [5, 5.41) is 11.7. The van der Waals surface area contributed by atoms with E-state index in [-0.39, 0.29) is 5.91 Å². The first kappa shape index (κ1) is 13.5. The number of carboxylic acids is 1. The van der Waals surface area contributed by atoms with Gasteiger partial charge >= 0.3 is 5.97 Å². The molecule has 2 atom stereocenters. The number of aliphatic carboxylic acids is 1. The molecule has 1 saturated carbocycles. The molecular weight excluding hydrogens is 251 g/mol. The molecule has 102 valence electrons. The van der Waals surface area contributed by atoms with Crippen LogP contribution in [0.25, 0.3) is 0 Å². The van der Waals surface area contributed by atoms with E-state index in [2.05, 4.69) is 10.3 Å². The molecule has 0 saturated heterocycles. The van der Waals surface area contributed by atoms with Crippen LogP contribution < -0.4 is 5.32 Å². The van der Waals surface area contributed by atoms with E-state index in [4.69, 9.17) is 5.11 Å². The highest BCUT2D eigenvalue weighted by Gasteiger charge is 2.35. The van der Waals surface area contributed by atoms with E-state index in [1.165, 1.54) is 12.3 Å². The molecule has 0 spiro atoms. The molecule has 1 aromatic rings. The van der Waals surface area contributed by atoms with Gasteiger partial charge in [0, 0.05) is 0 Å². The van der Waals surface area contributed by atoms with Crippen molar-refractivity contribution in [3.8, 4) is 0 Å². The Bertz CT molecular complexity index is 475. The molecule has 0 unspecified atom stereocenters. The van der Waals surface area contributed by atoms with E-state index in [1.807, 2.05) is 0 Å². The number of amides is 1.